The first-order valence-corrected chi connectivity index (χ1v) is 6.77. The highest BCUT2D eigenvalue weighted by molar-refractivity contribution is 5.82. The van der Waals surface area contributed by atoms with Gasteiger partial charge in [0, 0.05) is 0 Å². The zero-order valence-electron chi connectivity index (χ0n) is 12.2. The number of hydrogen-bond acceptors (Lipinski definition) is 9. The minimum atomic E-state index is -1.60. The topological polar surface area (TPSA) is 166 Å². The maximum Gasteiger partial charge on any atom is 0.224 e. The van der Waals surface area contributed by atoms with E-state index in [0.717, 1.165) is 0 Å². The molecule has 2 aromatic heterocycles. The molecule has 0 radical (unpaired) electrons. The SMILES string of the molecule is CC#C[C@]1(CO)O[C@@H](n2cnc3c(N)nc(N)nc32)C(O)C1O. The lowest BCUT2D eigenvalue weighted by Gasteiger charge is -2.23. The van der Waals surface area contributed by atoms with Gasteiger partial charge >= 0.3 is 0 Å². The number of aliphatic hydroxyl groups is 3. The minimum absolute atomic E-state index is 0.0634. The molecular weight excluding hydrogens is 304 g/mol. The molecule has 23 heavy (non-hydrogen) atoms. The number of imidazole rings is 1. The Hall–Kier alpha value is -2.45. The van der Waals surface area contributed by atoms with Crippen molar-refractivity contribution < 1.29 is 20.1 Å². The van der Waals surface area contributed by atoms with Gasteiger partial charge in [-0.3, -0.25) is 4.57 Å². The van der Waals surface area contributed by atoms with Crippen molar-refractivity contribution in [2.75, 3.05) is 18.1 Å². The van der Waals surface area contributed by atoms with Gasteiger partial charge in [-0.1, -0.05) is 5.92 Å². The molecule has 0 saturated carbocycles. The average Bonchev–Trinajstić information content (AvgIpc) is 3.03. The number of hydrogen-bond donors (Lipinski definition) is 5. The highest BCUT2D eigenvalue weighted by atomic mass is 16.6. The van der Waals surface area contributed by atoms with E-state index in [0.29, 0.717) is 0 Å². The summed E-state index contributed by atoms with van der Waals surface area (Å²) in [7, 11) is 0. The summed E-state index contributed by atoms with van der Waals surface area (Å²) < 4.78 is 7.02. The molecule has 122 valence electrons. The minimum Gasteiger partial charge on any atom is -0.392 e. The number of rotatable bonds is 2. The molecule has 1 saturated heterocycles. The number of nitrogens with zero attached hydrogens (tertiary/aromatic N) is 4. The number of ether oxygens (including phenoxy) is 1. The highest BCUT2D eigenvalue weighted by Crippen LogP contribution is 2.38. The number of aromatic nitrogens is 4. The molecule has 1 aliphatic rings. The van der Waals surface area contributed by atoms with Crippen LogP contribution in [0, 0.1) is 11.8 Å². The van der Waals surface area contributed by atoms with Crippen LogP contribution in [0.4, 0.5) is 11.8 Å². The Balaban J connectivity index is 2.10. The van der Waals surface area contributed by atoms with Crippen LogP contribution in [0.15, 0.2) is 6.33 Å². The van der Waals surface area contributed by atoms with Crippen molar-refractivity contribution in [3.8, 4) is 11.8 Å². The van der Waals surface area contributed by atoms with Gasteiger partial charge in [0.15, 0.2) is 23.3 Å². The number of nitrogen functional groups attached to an aromatic ring is 2. The van der Waals surface area contributed by atoms with Crippen LogP contribution in [0.5, 0.6) is 0 Å². The molecule has 2 aromatic rings. The van der Waals surface area contributed by atoms with Crippen LogP contribution in [0.25, 0.3) is 11.2 Å². The first-order chi connectivity index (χ1) is 10.9. The average molecular weight is 320 g/mol. The van der Waals surface area contributed by atoms with Gasteiger partial charge in [-0.05, 0) is 6.92 Å². The first-order valence-electron chi connectivity index (χ1n) is 6.77. The molecule has 0 bridgehead atoms. The van der Waals surface area contributed by atoms with Gasteiger partial charge in [0.2, 0.25) is 5.95 Å². The van der Waals surface area contributed by atoms with E-state index in [9.17, 15) is 15.3 Å². The molecule has 7 N–H and O–H groups in total. The second kappa shape index (κ2) is 5.32. The van der Waals surface area contributed by atoms with Gasteiger partial charge in [0.1, 0.15) is 17.7 Å². The van der Waals surface area contributed by atoms with Crippen LogP contribution >= 0.6 is 0 Å². The number of nitrogens with two attached hydrogens (primary N) is 2. The molecule has 4 atom stereocenters. The molecule has 0 spiro atoms. The van der Waals surface area contributed by atoms with Gasteiger partial charge in [-0.25, -0.2) is 4.98 Å². The number of fused-ring (bicyclic) bond motifs is 1. The molecular formula is C13H16N6O4. The summed E-state index contributed by atoms with van der Waals surface area (Å²) in [6.07, 6.45) is -2.52. The van der Waals surface area contributed by atoms with E-state index in [1.54, 1.807) is 0 Å². The van der Waals surface area contributed by atoms with Crippen LogP contribution in [-0.2, 0) is 4.74 Å². The van der Waals surface area contributed by atoms with E-state index >= 15 is 0 Å². The fraction of sp³-hybridized carbons (Fsp3) is 0.462. The lowest BCUT2D eigenvalue weighted by molar-refractivity contribution is -0.0912. The Kier molecular flexibility index (Phi) is 3.57. The largest absolute Gasteiger partial charge is 0.392 e. The van der Waals surface area contributed by atoms with Gasteiger partial charge in [-0.15, -0.1) is 5.92 Å². The van der Waals surface area contributed by atoms with Crippen molar-refractivity contribution in [2.24, 2.45) is 0 Å². The quantitative estimate of drug-likeness (QED) is 0.393. The summed E-state index contributed by atoms with van der Waals surface area (Å²) in [6, 6.07) is 0. The van der Waals surface area contributed by atoms with Crippen molar-refractivity contribution in [2.45, 2.75) is 31.0 Å². The fourth-order valence-electron chi connectivity index (χ4n) is 2.64. The predicted octanol–water partition coefficient (Wildman–Crippen LogP) is -2.00. The Morgan fingerprint density at radius 3 is 2.78 bits per heavy atom. The molecule has 1 fully saturated rings. The van der Waals surface area contributed by atoms with Crippen LogP contribution in [0.3, 0.4) is 0 Å². The van der Waals surface area contributed by atoms with E-state index in [-0.39, 0.29) is 22.9 Å². The lowest BCUT2D eigenvalue weighted by Crippen LogP contribution is -2.45. The molecule has 10 nitrogen and oxygen atoms in total. The molecule has 0 aliphatic carbocycles. The third kappa shape index (κ3) is 2.18. The molecule has 0 aromatic carbocycles. The summed E-state index contributed by atoms with van der Waals surface area (Å²) in [6.45, 7) is 0.947. The zero-order valence-corrected chi connectivity index (χ0v) is 12.2. The standard InChI is InChI=1S/C13H16N6O4/c1-2-3-13(4-20)8(22)7(21)11(23-13)19-5-16-6-9(14)17-12(15)18-10(6)19/h5,7-8,11,20-22H,4H2,1H3,(H4,14,15,17,18)/t7?,8?,11-,13-/m1/s1. The maximum atomic E-state index is 10.3. The maximum absolute atomic E-state index is 10.3. The van der Waals surface area contributed by atoms with Gasteiger partial charge in [0.05, 0.1) is 12.9 Å². The van der Waals surface area contributed by atoms with Crippen LogP contribution in [0.2, 0.25) is 0 Å². The Morgan fingerprint density at radius 2 is 2.13 bits per heavy atom. The molecule has 3 rings (SSSR count). The van der Waals surface area contributed by atoms with Crippen molar-refractivity contribution in [3.05, 3.63) is 6.33 Å². The van der Waals surface area contributed by atoms with Gasteiger partial charge in [0.25, 0.3) is 0 Å². The second-order valence-electron chi connectivity index (χ2n) is 5.16. The summed E-state index contributed by atoms with van der Waals surface area (Å²) in [4.78, 5) is 11.9. The Bertz CT molecular complexity index is 812. The highest BCUT2D eigenvalue weighted by Gasteiger charge is 2.54. The molecule has 0 amide bonds. The number of aliphatic hydroxyl groups excluding tert-OH is 3. The van der Waals surface area contributed by atoms with Gasteiger partial charge < -0.3 is 31.5 Å². The smallest absolute Gasteiger partial charge is 0.224 e. The second-order valence-corrected chi connectivity index (χ2v) is 5.16. The zero-order chi connectivity index (χ0) is 16.8. The van der Waals surface area contributed by atoms with Crippen LogP contribution in [0.1, 0.15) is 13.2 Å². The van der Waals surface area contributed by atoms with E-state index in [1.807, 2.05) is 0 Å². The Morgan fingerprint density at radius 1 is 1.39 bits per heavy atom. The van der Waals surface area contributed by atoms with Crippen molar-refractivity contribution in [1.82, 2.24) is 19.5 Å². The first kappa shape index (κ1) is 15.4. The molecule has 10 heteroatoms. The van der Waals surface area contributed by atoms with Crippen molar-refractivity contribution in [3.63, 3.8) is 0 Å². The van der Waals surface area contributed by atoms with E-state index in [1.165, 1.54) is 17.8 Å². The van der Waals surface area contributed by atoms with Crippen LogP contribution < -0.4 is 11.5 Å². The molecule has 3 heterocycles. The molecule has 1 aliphatic heterocycles. The third-order valence-corrected chi connectivity index (χ3v) is 3.74. The lowest BCUT2D eigenvalue weighted by atomic mass is 9.97. The fourth-order valence-corrected chi connectivity index (χ4v) is 2.64. The third-order valence-electron chi connectivity index (χ3n) is 3.74. The summed E-state index contributed by atoms with van der Waals surface area (Å²) in [5.41, 5.74) is 10.2. The summed E-state index contributed by atoms with van der Waals surface area (Å²) >= 11 is 0. The normalized spacial score (nSPS) is 30.3. The van der Waals surface area contributed by atoms with Crippen LogP contribution in [-0.4, -0.2) is 59.3 Å². The summed E-state index contributed by atoms with van der Waals surface area (Å²) in [5, 5.41) is 30.1. The van der Waals surface area contributed by atoms with Gasteiger partial charge in [-0.2, -0.15) is 9.97 Å². The van der Waals surface area contributed by atoms with Crippen molar-refractivity contribution in [1.29, 1.82) is 0 Å². The summed E-state index contributed by atoms with van der Waals surface area (Å²) in [5.74, 6) is 5.20. The van der Waals surface area contributed by atoms with E-state index < -0.39 is 30.6 Å². The molecule has 2 unspecified atom stereocenters. The van der Waals surface area contributed by atoms with E-state index in [2.05, 4.69) is 26.8 Å². The van der Waals surface area contributed by atoms with E-state index in [4.69, 9.17) is 16.2 Å². The number of anilines is 2. The predicted molar refractivity (Wildman–Crippen MR) is 79.6 cm³/mol. The monoisotopic (exact) mass is 320 g/mol. The van der Waals surface area contributed by atoms with Crippen molar-refractivity contribution >= 4 is 22.9 Å². The Labute approximate surface area is 130 Å².